The van der Waals surface area contributed by atoms with E-state index in [0.29, 0.717) is 10.4 Å². The molecule has 0 radical (unpaired) electrons. The van der Waals surface area contributed by atoms with Crippen LogP contribution < -0.4 is 4.80 Å². The Morgan fingerprint density at radius 1 is 1.08 bits per heavy atom. The van der Waals surface area contributed by atoms with Crippen molar-refractivity contribution < 1.29 is 4.79 Å². The van der Waals surface area contributed by atoms with Gasteiger partial charge in [-0.2, -0.15) is 4.99 Å². The van der Waals surface area contributed by atoms with Crippen LogP contribution in [0.3, 0.4) is 0 Å². The predicted molar refractivity (Wildman–Crippen MR) is 107 cm³/mol. The van der Waals surface area contributed by atoms with E-state index in [-0.39, 0.29) is 5.91 Å². The number of thiazole rings is 1. The first-order chi connectivity index (χ1) is 12.4. The molecule has 0 aliphatic heterocycles. The van der Waals surface area contributed by atoms with Gasteiger partial charge in [-0.25, -0.2) is 0 Å². The Kier molecular flexibility index (Phi) is 3.96. The summed E-state index contributed by atoms with van der Waals surface area (Å²) in [4.78, 5) is 22.3. The molecule has 130 valence electrons. The van der Waals surface area contributed by atoms with E-state index in [2.05, 4.69) is 36.0 Å². The fourth-order valence-corrected chi connectivity index (χ4v) is 4.22. The maximum absolute atomic E-state index is 12.7. The van der Waals surface area contributed by atoms with E-state index in [1.807, 2.05) is 42.8 Å². The van der Waals surface area contributed by atoms with E-state index >= 15 is 0 Å². The number of rotatable bonds is 1. The molecule has 4 rings (SSSR count). The molecule has 0 bridgehead atoms. The largest absolute Gasteiger partial charge is 0.319 e. The number of fused-ring (bicyclic) bond motifs is 2. The minimum Gasteiger partial charge on any atom is -0.319 e. The summed E-state index contributed by atoms with van der Waals surface area (Å²) in [7, 11) is 1.96. The highest BCUT2D eigenvalue weighted by molar-refractivity contribution is 7.16. The van der Waals surface area contributed by atoms with Crippen LogP contribution in [0.1, 0.15) is 27.2 Å². The van der Waals surface area contributed by atoms with Crippen molar-refractivity contribution >= 4 is 38.4 Å². The van der Waals surface area contributed by atoms with Crippen LogP contribution in [0.2, 0.25) is 0 Å². The normalized spacial score (nSPS) is 12.2. The average Bonchev–Trinajstić information content (AvgIpc) is 2.94. The molecule has 0 N–H and O–H groups in total. The van der Waals surface area contributed by atoms with Crippen molar-refractivity contribution in [3.63, 3.8) is 0 Å². The van der Waals surface area contributed by atoms with Gasteiger partial charge in [0.2, 0.25) is 0 Å². The van der Waals surface area contributed by atoms with E-state index in [0.717, 1.165) is 26.8 Å². The monoisotopic (exact) mass is 361 g/mol. The lowest BCUT2D eigenvalue weighted by atomic mass is 10.1. The predicted octanol–water partition coefficient (Wildman–Crippen LogP) is 4.45. The summed E-state index contributed by atoms with van der Waals surface area (Å²) in [5.41, 5.74) is 6.03. The number of carbonyl (C=O) groups excluding carboxylic acids is 1. The number of benzene rings is 2. The Balaban J connectivity index is 1.82. The van der Waals surface area contributed by atoms with Crippen LogP contribution in [0.25, 0.3) is 21.1 Å². The molecule has 0 saturated carbocycles. The van der Waals surface area contributed by atoms with Crippen LogP contribution in [-0.2, 0) is 7.05 Å². The molecule has 2 aromatic heterocycles. The van der Waals surface area contributed by atoms with Gasteiger partial charge in [-0.1, -0.05) is 23.5 Å². The third-order valence-corrected chi connectivity index (χ3v) is 5.86. The lowest BCUT2D eigenvalue weighted by Crippen LogP contribution is -2.13. The number of nitrogens with zero attached hydrogens (tertiary/aromatic N) is 3. The van der Waals surface area contributed by atoms with Gasteiger partial charge in [-0.15, -0.1) is 0 Å². The van der Waals surface area contributed by atoms with Gasteiger partial charge in [0.1, 0.15) is 0 Å². The van der Waals surface area contributed by atoms with Crippen LogP contribution in [0.5, 0.6) is 0 Å². The molecular formula is C21H19N3OS. The molecule has 5 heteroatoms. The maximum atomic E-state index is 12.7. The second kappa shape index (κ2) is 6.18. The number of amides is 1. The van der Waals surface area contributed by atoms with E-state index in [1.54, 1.807) is 6.07 Å². The minimum atomic E-state index is -0.232. The van der Waals surface area contributed by atoms with Crippen LogP contribution in [0.4, 0.5) is 0 Å². The molecule has 26 heavy (non-hydrogen) atoms. The van der Waals surface area contributed by atoms with Crippen LogP contribution in [0.15, 0.2) is 47.5 Å². The van der Waals surface area contributed by atoms with E-state index in [1.165, 1.54) is 22.5 Å². The summed E-state index contributed by atoms with van der Waals surface area (Å²) < 4.78 is 3.15. The molecule has 1 amide bonds. The lowest BCUT2D eigenvalue weighted by molar-refractivity contribution is 0.0998. The fourth-order valence-electron chi connectivity index (χ4n) is 3.15. The van der Waals surface area contributed by atoms with Gasteiger partial charge in [0.25, 0.3) is 5.91 Å². The van der Waals surface area contributed by atoms with E-state index in [4.69, 9.17) is 0 Å². The number of aryl methyl sites for hydroxylation is 4. The molecule has 0 aliphatic rings. The summed E-state index contributed by atoms with van der Waals surface area (Å²) in [6, 6.07) is 13.7. The third-order valence-electron chi connectivity index (χ3n) is 4.76. The zero-order valence-corrected chi connectivity index (χ0v) is 16.0. The summed E-state index contributed by atoms with van der Waals surface area (Å²) in [5.74, 6) is -0.232. The van der Waals surface area contributed by atoms with Gasteiger partial charge in [0.05, 0.1) is 15.7 Å². The van der Waals surface area contributed by atoms with Crippen LogP contribution in [0, 0.1) is 20.8 Å². The summed E-state index contributed by atoms with van der Waals surface area (Å²) >= 11 is 1.54. The zero-order chi connectivity index (χ0) is 18.4. The van der Waals surface area contributed by atoms with Crippen LogP contribution >= 0.6 is 11.3 Å². The molecule has 4 nitrogen and oxygen atoms in total. The summed E-state index contributed by atoms with van der Waals surface area (Å²) in [6.45, 7) is 6.16. The standard InChI is InChI=1S/C21H19N3OS/c1-12-5-10-18-19(14(12)3)24(4)21(26-18)23-20(25)16-8-9-17-15(11-16)7-6-13(2)22-17/h5-11H,1-4H3. The molecule has 0 spiro atoms. The fraction of sp³-hybridized carbons (Fsp3) is 0.190. The second-order valence-corrected chi connectivity index (χ2v) is 7.58. The molecule has 0 saturated heterocycles. The number of aromatic nitrogens is 2. The minimum absolute atomic E-state index is 0.232. The quantitative estimate of drug-likeness (QED) is 0.503. The average molecular weight is 361 g/mol. The summed E-state index contributed by atoms with van der Waals surface area (Å²) in [5, 5.41) is 0.948. The highest BCUT2D eigenvalue weighted by Gasteiger charge is 2.10. The number of hydrogen-bond donors (Lipinski definition) is 0. The lowest BCUT2D eigenvalue weighted by Gasteiger charge is -2.03. The number of pyridine rings is 1. The molecule has 0 fully saturated rings. The summed E-state index contributed by atoms with van der Waals surface area (Å²) in [6.07, 6.45) is 0. The van der Waals surface area contributed by atoms with Gasteiger partial charge < -0.3 is 4.57 Å². The Bertz CT molecular complexity index is 1250. The number of carbonyl (C=O) groups is 1. The van der Waals surface area contributed by atoms with Crippen molar-refractivity contribution in [1.29, 1.82) is 0 Å². The van der Waals surface area contributed by atoms with E-state index < -0.39 is 0 Å². The Hall–Kier alpha value is -2.79. The first-order valence-corrected chi connectivity index (χ1v) is 9.28. The molecule has 0 unspecified atom stereocenters. The second-order valence-electron chi connectivity index (χ2n) is 6.57. The number of hydrogen-bond acceptors (Lipinski definition) is 3. The smallest absolute Gasteiger partial charge is 0.279 e. The topological polar surface area (TPSA) is 47.2 Å². The van der Waals surface area contributed by atoms with Crippen LogP contribution in [-0.4, -0.2) is 15.5 Å². The van der Waals surface area contributed by atoms with E-state index in [9.17, 15) is 4.79 Å². The van der Waals surface area contributed by atoms with Gasteiger partial charge in [-0.3, -0.25) is 9.78 Å². The van der Waals surface area contributed by atoms with Crippen molar-refractivity contribution in [3.8, 4) is 0 Å². The van der Waals surface area contributed by atoms with Crippen molar-refractivity contribution in [2.24, 2.45) is 12.0 Å². The van der Waals surface area contributed by atoms with Crippen molar-refractivity contribution in [1.82, 2.24) is 9.55 Å². The SMILES string of the molecule is Cc1ccc2cc(C(=O)N=c3sc4ccc(C)c(C)c4n3C)ccc2n1. The molecule has 0 atom stereocenters. The third kappa shape index (κ3) is 2.74. The first-order valence-electron chi connectivity index (χ1n) is 8.46. The van der Waals surface area contributed by atoms with Crippen molar-refractivity contribution in [3.05, 3.63) is 69.7 Å². The molecule has 2 heterocycles. The Morgan fingerprint density at radius 3 is 2.69 bits per heavy atom. The highest BCUT2D eigenvalue weighted by Crippen LogP contribution is 2.23. The Labute approximate surface area is 155 Å². The Morgan fingerprint density at radius 2 is 1.88 bits per heavy atom. The van der Waals surface area contributed by atoms with Gasteiger partial charge in [0.15, 0.2) is 4.80 Å². The molecule has 0 aliphatic carbocycles. The first kappa shape index (κ1) is 16.7. The van der Waals surface area contributed by atoms with Crippen molar-refractivity contribution in [2.45, 2.75) is 20.8 Å². The van der Waals surface area contributed by atoms with Crippen molar-refractivity contribution in [2.75, 3.05) is 0 Å². The zero-order valence-electron chi connectivity index (χ0n) is 15.2. The maximum Gasteiger partial charge on any atom is 0.279 e. The highest BCUT2D eigenvalue weighted by atomic mass is 32.1. The molecular weight excluding hydrogens is 342 g/mol. The van der Waals surface area contributed by atoms with Gasteiger partial charge in [0, 0.05) is 23.7 Å². The molecule has 4 aromatic rings. The van der Waals surface area contributed by atoms with Gasteiger partial charge in [-0.05, 0) is 62.2 Å². The molecule has 2 aromatic carbocycles. The van der Waals surface area contributed by atoms with Gasteiger partial charge >= 0.3 is 0 Å².